The molecular weight excluding hydrogens is 210 g/mol. The first kappa shape index (κ1) is 12.0. The Labute approximate surface area is 93.0 Å². The zero-order chi connectivity index (χ0) is 12.0. The lowest BCUT2D eigenvalue weighted by Crippen LogP contribution is -2.25. The van der Waals surface area contributed by atoms with E-state index in [1.54, 1.807) is 24.3 Å². The number of methoxy groups -OCH3 is 1. The van der Waals surface area contributed by atoms with Crippen LogP contribution in [0.15, 0.2) is 24.3 Å². The number of hydrogen-bond donors (Lipinski definition) is 2. The lowest BCUT2D eigenvalue weighted by Gasteiger charge is -2.12. The largest absolute Gasteiger partial charge is 0.497 e. The summed E-state index contributed by atoms with van der Waals surface area (Å²) in [6.07, 6.45) is 0.482. The summed E-state index contributed by atoms with van der Waals surface area (Å²) in [6.45, 7) is 0.0615. The minimum Gasteiger partial charge on any atom is -0.497 e. The van der Waals surface area contributed by atoms with Crippen LogP contribution in [0, 0.1) is 0 Å². The number of carboxylic acid groups (broad SMARTS) is 1. The number of amides is 1. The van der Waals surface area contributed by atoms with Gasteiger partial charge >= 0.3 is 5.97 Å². The van der Waals surface area contributed by atoms with Crippen LogP contribution in [-0.2, 0) is 9.59 Å². The minimum absolute atomic E-state index is 0.0615. The van der Waals surface area contributed by atoms with Crippen LogP contribution < -0.4 is 10.1 Å². The zero-order valence-corrected chi connectivity index (χ0v) is 8.84. The highest BCUT2D eigenvalue weighted by Gasteiger charge is 2.19. The summed E-state index contributed by atoms with van der Waals surface area (Å²) in [5.74, 6) is -1.15. The SMILES string of the molecule is COc1cccc(C(CNC=O)C(=O)O)c1. The van der Waals surface area contributed by atoms with Crippen LogP contribution in [0.5, 0.6) is 5.75 Å². The smallest absolute Gasteiger partial charge is 0.312 e. The maximum atomic E-state index is 11.0. The molecule has 0 fully saturated rings. The molecule has 5 nitrogen and oxygen atoms in total. The van der Waals surface area contributed by atoms with Crippen LogP contribution in [0.2, 0.25) is 0 Å². The molecule has 0 bridgehead atoms. The van der Waals surface area contributed by atoms with Crippen molar-refractivity contribution in [1.82, 2.24) is 5.32 Å². The normalized spacial score (nSPS) is 11.6. The highest BCUT2D eigenvalue weighted by molar-refractivity contribution is 5.77. The lowest BCUT2D eigenvalue weighted by molar-refractivity contribution is -0.138. The molecule has 1 rings (SSSR count). The number of carboxylic acids is 1. The number of aliphatic carboxylic acids is 1. The molecule has 0 aliphatic heterocycles. The van der Waals surface area contributed by atoms with Gasteiger partial charge in [0.05, 0.1) is 13.0 Å². The van der Waals surface area contributed by atoms with Gasteiger partial charge in [-0.05, 0) is 17.7 Å². The summed E-state index contributed by atoms with van der Waals surface area (Å²) in [4.78, 5) is 21.2. The van der Waals surface area contributed by atoms with E-state index in [0.717, 1.165) is 0 Å². The number of ether oxygens (including phenoxy) is 1. The van der Waals surface area contributed by atoms with Crippen molar-refractivity contribution in [1.29, 1.82) is 0 Å². The maximum absolute atomic E-state index is 11.0. The maximum Gasteiger partial charge on any atom is 0.312 e. The third-order valence-electron chi connectivity index (χ3n) is 2.20. The van der Waals surface area contributed by atoms with Gasteiger partial charge in [0.15, 0.2) is 0 Å². The van der Waals surface area contributed by atoms with Gasteiger partial charge in [0.25, 0.3) is 0 Å². The molecule has 5 heteroatoms. The van der Waals surface area contributed by atoms with Crippen molar-refractivity contribution in [2.24, 2.45) is 0 Å². The summed E-state index contributed by atoms with van der Waals surface area (Å²) in [6, 6.07) is 6.78. The number of nitrogens with one attached hydrogen (secondary N) is 1. The molecule has 0 radical (unpaired) electrons. The molecule has 16 heavy (non-hydrogen) atoms. The fourth-order valence-corrected chi connectivity index (χ4v) is 1.37. The number of carbonyl (C=O) groups is 2. The topological polar surface area (TPSA) is 75.6 Å². The molecule has 0 aliphatic carbocycles. The molecule has 1 amide bonds. The Morgan fingerprint density at radius 3 is 2.94 bits per heavy atom. The van der Waals surface area contributed by atoms with Crippen LogP contribution >= 0.6 is 0 Å². The third kappa shape index (κ3) is 2.98. The summed E-state index contributed by atoms with van der Waals surface area (Å²) < 4.78 is 5.01. The van der Waals surface area contributed by atoms with Gasteiger partial charge in [-0.3, -0.25) is 9.59 Å². The Bertz CT molecular complexity index is 378. The van der Waals surface area contributed by atoms with Gasteiger partial charge in [0.2, 0.25) is 6.41 Å². The van der Waals surface area contributed by atoms with Crippen molar-refractivity contribution in [3.05, 3.63) is 29.8 Å². The number of benzene rings is 1. The van der Waals surface area contributed by atoms with Gasteiger partial charge in [-0.25, -0.2) is 0 Å². The molecule has 0 aromatic heterocycles. The average molecular weight is 223 g/mol. The van der Waals surface area contributed by atoms with Crippen molar-refractivity contribution in [3.8, 4) is 5.75 Å². The van der Waals surface area contributed by atoms with Gasteiger partial charge in [0.1, 0.15) is 5.75 Å². The quantitative estimate of drug-likeness (QED) is 0.693. The minimum atomic E-state index is -0.984. The predicted molar refractivity (Wildman–Crippen MR) is 57.4 cm³/mol. The van der Waals surface area contributed by atoms with Crippen LogP contribution in [0.1, 0.15) is 11.5 Å². The molecule has 86 valence electrons. The average Bonchev–Trinajstić information content (AvgIpc) is 2.29. The first-order valence-corrected chi connectivity index (χ1v) is 4.72. The van der Waals surface area contributed by atoms with Crippen molar-refractivity contribution in [3.63, 3.8) is 0 Å². The summed E-state index contributed by atoms with van der Waals surface area (Å²) >= 11 is 0. The zero-order valence-electron chi connectivity index (χ0n) is 8.84. The van der Waals surface area contributed by atoms with E-state index in [2.05, 4.69) is 5.32 Å². The Kier molecular flexibility index (Phi) is 4.32. The van der Waals surface area contributed by atoms with E-state index < -0.39 is 11.9 Å². The van der Waals surface area contributed by atoms with E-state index in [9.17, 15) is 9.59 Å². The van der Waals surface area contributed by atoms with Gasteiger partial charge < -0.3 is 15.2 Å². The van der Waals surface area contributed by atoms with Crippen LogP contribution in [0.25, 0.3) is 0 Å². The fraction of sp³-hybridized carbons (Fsp3) is 0.273. The van der Waals surface area contributed by atoms with E-state index in [1.807, 2.05) is 0 Å². The van der Waals surface area contributed by atoms with E-state index in [1.165, 1.54) is 7.11 Å². The lowest BCUT2D eigenvalue weighted by atomic mass is 9.99. The molecule has 0 aliphatic rings. The Hall–Kier alpha value is -2.04. The Morgan fingerprint density at radius 1 is 1.62 bits per heavy atom. The highest BCUT2D eigenvalue weighted by atomic mass is 16.5. The van der Waals surface area contributed by atoms with E-state index in [4.69, 9.17) is 9.84 Å². The van der Waals surface area contributed by atoms with Gasteiger partial charge in [-0.2, -0.15) is 0 Å². The Morgan fingerprint density at radius 2 is 2.38 bits per heavy atom. The van der Waals surface area contributed by atoms with Crippen molar-refractivity contribution < 1.29 is 19.4 Å². The van der Waals surface area contributed by atoms with Gasteiger partial charge in [0, 0.05) is 6.54 Å². The molecule has 0 saturated heterocycles. The molecule has 0 heterocycles. The molecule has 1 unspecified atom stereocenters. The summed E-state index contributed by atoms with van der Waals surface area (Å²) in [7, 11) is 1.51. The molecule has 1 atom stereocenters. The van der Waals surface area contributed by atoms with Crippen molar-refractivity contribution in [2.45, 2.75) is 5.92 Å². The molecule has 2 N–H and O–H groups in total. The monoisotopic (exact) mass is 223 g/mol. The van der Waals surface area contributed by atoms with Crippen molar-refractivity contribution >= 4 is 12.4 Å². The second kappa shape index (κ2) is 5.75. The fourth-order valence-electron chi connectivity index (χ4n) is 1.37. The highest BCUT2D eigenvalue weighted by Crippen LogP contribution is 2.20. The number of rotatable bonds is 6. The van der Waals surface area contributed by atoms with E-state index in [-0.39, 0.29) is 6.54 Å². The Balaban J connectivity index is 2.91. The van der Waals surface area contributed by atoms with E-state index in [0.29, 0.717) is 17.7 Å². The molecule has 0 saturated carbocycles. The van der Waals surface area contributed by atoms with Gasteiger partial charge in [-0.1, -0.05) is 12.1 Å². The second-order valence-electron chi connectivity index (χ2n) is 3.19. The standard InChI is InChI=1S/C11H13NO4/c1-16-9-4-2-3-8(5-9)10(11(14)15)6-12-7-13/h2-5,7,10H,6H2,1H3,(H,12,13)(H,14,15). The van der Waals surface area contributed by atoms with Crippen molar-refractivity contribution in [2.75, 3.05) is 13.7 Å². The van der Waals surface area contributed by atoms with Gasteiger partial charge in [-0.15, -0.1) is 0 Å². The second-order valence-corrected chi connectivity index (χ2v) is 3.19. The van der Waals surface area contributed by atoms with Crippen LogP contribution in [0.3, 0.4) is 0 Å². The molecule has 1 aromatic rings. The first-order chi connectivity index (χ1) is 7.69. The molecular formula is C11H13NO4. The summed E-state index contributed by atoms with van der Waals surface area (Å²) in [5.41, 5.74) is 0.598. The van der Waals surface area contributed by atoms with Crippen LogP contribution in [0.4, 0.5) is 0 Å². The number of hydrogen-bond acceptors (Lipinski definition) is 3. The third-order valence-corrected chi connectivity index (χ3v) is 2.20. The van der Waals surface area contributed by atoms with Crippen LogP contribution in [-0.4, -0.2) is 31.1 Å². The number of carbonyl (C=O) groups excluding carboxylic acids is 1. The summed E-state index contributed by atoms with van der Waals surface area (Å²) in [5, 5.41) is 11.4. The van der Waals surface area contributed by atoms with E-state index >= 15 is 0 Å². The first-order valence-electron chi connectivity index (χ1n) is 4.72. The molecule has 0 spiro atoms. The predicted octanol–water partition coefficient (Wildman–Crippen LogP) is 0.609. The molecule has 1 aromatic carbocycles.